The van der Waals surface area contributed by atoms with Crippen LogP contribution in [0.1, 0.15) is 25.0 Å². The first-order valence-corrected chi connectivity index (χ1v) is 6.78. The summed E-state index contributed by atoms with van der Waals surface area (Å²) in [6.45, 7) is 0.444. The van der Waals surface area contributed by atoms with E-state index in [1.54, 1.807) is 6.07 Å². The number of hydrogen-bond acceptors (Lipinski definition) is 3. The van der Waals surface area contributed by atoms with Gasteiger partial charge in [0.25, 0.3) is 0 Å². The maximum absolute atomic E-state index is 13.1. The van der Waals surface area contributed by atoms with Crippen LogP contribution in [-0.4, -0.2) is 23.4 Å². The number of benzene rings is 1. The molecule has 0 spiro atoms. The molecule has 0 fully saturated rings. The fourth-order valence-electron chi connectivity index (χ4n) is 2.12. The fourth-order valence-corrected chi connectivity index (χ4v) is 2.12. The molecular formula is C15H16FN2O3-. The lowest BCUT2D eigenvalue weighted by atomic mass is 10.2. The SMILES string of the molecule is O=C([O-])CCCC(=O)NCCc1cc2cc(F)ccc2[nH]1. The maximum Gasteiger partial charge on any atom is 0.220 e. The van der Waals surface area contributed by atoms with E-state index in [0.29, 0.717) is 13.0 Å². The van der Waals surface area contributed by atoms with Crippen molar-refractivity contribution in [1.82, 2.24) is 10.3 Å². The Morgan fingerprint density at radius 1 is 1.24 bits per heavy atom. The van der Waals surface area contributed by atoms with Crippen LogP contribution in [0.25, 0.3) is 10.9 Å². The predicted molar refractivity (Wildman–Crippen MR) is 73.8 cm³/mol. The Morgan fingerprint density at radius 3 is 2.81 bits per heavy atom. The van der Waals surface area contributed by atoms with Crippen molar-refractivity contribution in [3.05, 3.63) is 35.8 Å². The van der Waals surface area contributed by atoms with Crippen LogP contribution in [0.4, 0.5) is 4.39 Å². The normalized spacial score (nSPS) is 10.7. The Hall–Kier alpha value is -2.37. The molecule has 5 nitrogen and oxygen atoms in total. The summed E-state index contributed by atoms with van der Waals surface area (Å²) in [6, 6.07) is 6.36. The number of hydrogen-bond donors (Lipinski definition) is 2. The van der Waals surface area contributed by atoms with Crippen molar-refractivity contribution in [2.45, 2.75) is 25.7 Å². The molecule has 0 bridgehead atoms. The van der Waals surface area contributed by atoms with Gasteiger partial charge in [-0.1, -0.05) is 0 Å². The molecule has 1 heterocycles. The monoisotopic (exact) mass is 291 g/mol. The number of carboxylic acids is 1. The van der Waals surface area contributed by atoms with Gasteiger partial charge in [0.05, 0.1) is 0 Å². The lowest BCUT2D eigenvalue weighted by Gasteiger charge is -2.04. The molecule has 0 saturated heterocycles. The smallest absolute Gasteiger partial charge is 0.220 e. The highest BCUT2D eigenvalue weighted by atomic mass is 19.1. The van der Waals surface area contributed by atoms with Gasteiger partial charge in [-0.2, -0.15) is 0 Å². The second kappa shape index (κ2) is 6.88. The molecule has 0 aliphatic rings. The summed E-state index contributed by atoms with van der Waals surface area (Å²) in [7, 11) is 0. The summed E-state index contributed by atoms with van der Waals surface area (Å²) in [5.41, 5.74) is 1.76. The highest BCUT2D eigenvalue weighted by molar-refractivity contribution is 5.80. The Balaban J connectivity index is 1.77. The number of carbonyl (C=O) groups is 2. The standard InChI is InChI=1S/C15H17FN2O3/c16-11-4-5-13-10(8-11)9-12(18-13)6-7-17-14(19)2-1-3-15(20)21/h4-5,8-9,18H,1-3,6-7H2,(H,17,19)(H,20,21)/p-1. The van der Waals surface area contributed by atoms with E-state index in [0.717, 1.165) is 16.6 Å². The zero-order valence-electron chi connectivity index (χ0n) is 11.4. The van der Waals surface area contributed by atoms with Crippen molar-refractivity contribution in [3.8, 4) is 0 Å². The van der Waals surface area contributed by atoms with Gasteiger partial charge < -0.3 is 20.2 Å². The summed E-state index contributed by atoms with van der Waals surface area (Å²) < 4.78 is 13.1. The number of carbonyl (C=O) groups excluding carboxylic acids is 2. The van der Waals surface area contributed by atoms with E-state index in [1.807, 2.05) is 6.07 Å². The van der Waals surface area contributed by atoms with Crippen molar-refractivity contribution < 1.29 is 19.1 Å². The second-order valence-corrected chi connectivity index (χ2v) is 4.85. The molecule has 0 aliphatic heterocycles. The van der Waals surface area contributed by atoms with Crippen LogP contribution in [0.2, 0.25) is 0 Å². The first-order chi connectivity index (χ1) is 10.0. The minimum absolute atomic E-state index is 0.110. The Bertz CT molecular complexity index is 651. The maximum atomic E-state index is 13.1. The van der Waals surface area contributed by atoms with E-state index >= 15 is 0 Å². The second-order valence-electron chi connectivity index (χ2n) is 4.85. The third-order valence-corrected chi connectivity index (χ3v) is 3.14. The van der Waals surface area contributed by atoms with Gasteiger partial charge in [0.1, 0.15) is 5.82 Å². The van der Waals surface area contributed by atoms with Crippen molar-refractivity contribution in [3.63, 3.8) is 0 Å². The van der Waals surface area contributed by atoms with Crippen molar-refractivity contribution in [2.24, 2.45) is 0 Å². The molecule has 0 saturated carbocycles. The van der Waals surface area contributed by atoms with Crippen LogP contribution in [-0.2, 0) is 16.0 Å². The van der Waals surface area contributed by atoms with Crippen molar-refractivity contribution >= 4 is 22.8 Å². The molecule has 6 heteroatoms. The number of halogens is 1. The molecule has 1 aromatic carbocycles. The van der Waals surface area contributed by atoms with E-state index in [9.17, 15) is 19.1 Å². The van der Waals surface area contributed by atoms with E-state index in [-0.39, 0.29) is 31.0 Å². The Morgan fingerprint density at radius 2 is 2.05 bits per heavy atom. The van der Waals surface area contributed by atoms with E-state index < -0.39 is 5.97 Å². The van der Waals surface area contributed by atoms with Gasteiger partial charge in [-0.25, -0.2) is 4.39 Å². The number of aromatic nitrogens is 1. The van der Waals surface area contributed by atoms with Crippen LogP contribution < -0.4 is 10.4 Å². The molecule has 2 aromatic rings. The van der Waals surface area contributed by atoms with Crippen LogP contribution >= 0.6 is 0 Å². The molecular weight excluding hydrogens is 275 g/mol. The van der Waals surface area contributed by atoms with Crippen LogP contribution in [0.15, 0.2) is 24.3 Å². The third kappa shape index (κ3) is 4.59. The molecule has 21 heavy (non-hydrogen) atoms. The van der Waals surface area contributed by atoms with Gasteiger partial charge in [-0.05, 0) is 37.1 Å². The number of aromatic amines is 1. The average molecular weight is 291 g/mol. The molecule has 1 amide bonds. The van der Waals surface area contributed by atoms with Gasteiger partial charge in [0.15, 0.2) is 0 Å². The Labute approximate surface area is 121 Å². The number of fused-ring (bicyclic) bond motifs is 1. The highest BCUT2D eigenvalue weighted by Crippen LogP contribution is 2.16. The zero-order chi connectivity index (χ0) is 15.2. The molecule has 1 aromatic heterocycles. The first-order valence-electron chi connectivity index (χ1n) is 6.78. The minimum Gasteiger partial charge on any atom is -0.550 e. The third-order valence-electron chi connectivity index (χ3n) is 3.14. The van der Waals surface area contributed by atoms with Crippen LogP contribution in [0.3, 0.4) is 0 Å². The molecule has 2 N–H and O–H groups in total. The molecule has 0 aliphatic carbocycles. The number of carboxylic acid groups (broad SMARTS) is 1. The summed E-state index contributed by atoms with van der Waals surface area (Å²) in [4.78, 5) is 24.8. The largest absolute Gasteiger partial charge is 0.550 e. The van der Waals surface area contributed by atoms with Gasteiger partial charge in [-0.3, -0.25) is 4.79 Å². The van der Waals surface area contributed by atoms with Crippen molar-refractivity contribution in [2.75, 3.05) is 6.54 Å². The molecule has 2 rings (SSSR count). The summed E-state index contributed by atoms with van der Waals surface area (Å²) in [6.07, 6.45) is 0.940. The lowest BCUT2D eigenvalue weighted by molar-refractivity contribution is -0.305. The van der Waals surface area contributed by atoms with Gasteiger partial charge in [0.2, 0.25) is 5.91 Å². The zero-order valence-corrected chi connectivity index (χ0v) is 11.4. The quantitative estimate of drug-likeness (QED) is 0.794. The minimum atomic E-state index is -1.15. The lowest BCUT2D eigenvalue weighted by Crippen LogP contribution is -2.26. The molecule has 0 radical (unpaired) electrons. The van der Waals surface area contributed by atoms with E-state index in [1.165, 1.54) is 12.1 Å². The van der Waals surface area contributed by atoms with E-state index in [4.69, 9.17) is 0 Å². The fraction of sp³-hybridized carbons (Fsp3) is 0.333. The van der Waals surface area contributed by atoms with Crippen molar-refractivity contribution in [1.29, 1.82) is 0 Å². The first kappa shape index (κ1) is 15.0. The summed E-state index contributed by atoms with van der Waals surface area (Å²) >= 11 is 0. The predicted octanol–water partition coefficient (Wildman–Crippen LogP) is 0.886. The number of amides is 1. The molecule has 112 valence electrons. The van der Waals surface area contributed by atoms with Gasteiger partial charge >= 0.3 is 0 Å². The number of H-pyrrole nitrogens is 1. The molecule has 0 atom stereocenters. The van der Waals surface area contributed by atoms with Gasteiger partial charge in [-0.15, -0.1) is 0 Å². The van der Waals surface area contributed by atoms with Crippen LogP contribution in [0.5, 0.6) is 0 Å². The Kier molecular flexibility index (Phi) is 4.92. The highest BCUT2D eigenvalue weighted by Gasteiger charge is 2.04. The van der Waals surface area contributed by atoms with E-state index in [2.05, 4.69) is 10.3 Å². The number of aliphatic carboxylic acids is 1. The average Bonchev–Trinajstić information content (AvgIpc) is 2.80. The topological polar surface area (TPSA) is 85.0 Å². The number of nitrogens with one attached hydrogen (secondary N) is 2. The van der Waals surface area contributed by atoms with Gasteiger partial charge in [0, 0.05) is 42.0 Å². The summed E-state index contributed by atoms with van der Waals surface area (Å²) in [5.74, 6) is -1.61. The summed E-state index contributed by atoms with van der Waals surface area (Å²) in [5, 5.41) is 13.7. The molecule has 0 unspecified atom stereocenters. The number of rotatable bonds is 7. The van der Waals surface area contributed by atoms with Crippen LogP contribution in [0, 0.1) is 5.82 Å².